The van der Waals surface area contributed by atoms with Gasteiger partial charge in [0.1, 0.15) is 0 Å². The lowest BCUT2D eigenvalue weighted by Crippen LogP contribution is -2.41. The van der Waals surface area contributed by atoms with Crippen LogP contribution in [0.3, 0.4) is 0 Å². The Hall–Kier alpha value is -1.88. The molecule has 1 aromatic carbocycles. The van der Waals surface area contributed by atoms with Crippen LogP contribution < -0.4 is 11.1 Å². The molecule has 0 aliphatic rings. The summed E-state index contributed by atoms with van der Waals surface area (Å²) in [6.45, 7) is 4.16. The molecule has 0 aliphatic heterocycles. The number of anilines is 1. The number of carboxylic acids is 1. The van der Waals surface area contributed by atoms with E-state index in [1.807, 2.05) is 13.8 Å². The molecule has 4 N–H and O–H groups in total. The monoisotopic (exact) mass is 264 g/mol. The third-order valence-corrected chi connectivity index (χ3v) is 3.62. The molecule has 5 nitrogen and oxygen atoms in total. The number of amides is 1. The number of nitrogens with two attached hydrogens (primary N) is 1. The first-order chi connectivity index (χ1) is 8.99. The van der Waals surface area contributed by atoms with Crippen LogP contribution >= 0.6 is 0 Å². The Kier molecular flexibility index (Phi) is 5.06. The summed E-state index contributed by atoms with van der Waals surface area (Å²) in [5, 5.41) is 11.6. The van der Waals surface area contributed by atoms with Crippen LogP contribution in [0.25, 0.3) is 0 Å². The third-order valence-electron chi connectivity index (χ3n) is 3.62. The number of hydrogen-bond donors (Lipinski definition) is 3. The van der Waals surface area contributed by atoms with Gasteiger partial charge < -0.3 is 16.2 Å². The minimum atomic E-state index is -0.990. The van der Waals surface area contributed by atoms with E-state index in [0.29, 0.717) is 25.1 Å². The fourth-order valence-corrected chi connectivity index (χ4v) is 1.91. The van der Waals surface area contributed by atoms with Crippen LogP contribution in [0.1, 0.15) is 37.0 Å². The van der Waals surface area contributed by atoms with Crippen molar-refractivity contribution in [2.75, 3.05) is 11.9 Å². The maximum atomic E-state index is 12.2. The predicted molar refractivity (Wildman–Crippen MR) is 74.1 cm³/mol. The second kappa shape index (κ2) is 6.33. The Bertz CT molecular complexity index is 442. The zero-order valence-electron chi connectivity index (χ0n) is 11.3. The fraction of sp³-hybridized carbons (Fsp3) is 0.429. The Labute approximate surface area is 112 Å². The first-order valence-electron chi connectivity index (χ1n) is 6.34. The summed E-state index contributed by atoms with van der Waals surface area (Å²) in [6.07, 6.45) is 1.33. The average Bonchev–Trinajstić information content (AvgIpc) is 2.42. The molecule has 1 aromatic rings. The molecule has 0 spiro atoms. The molecule has 0 saturated heterocycles. The molecule has 0 heterocycles. The molecule has 0 aromatic heterocycles. The molecule has 0 radical (unpaired) electrons. The number of carbonyl (C=O) groups is 2. The van der Waals surface area contributed by atoms with Gasteiger partial charge >= 0.3 is 5.97 Å². The molecule has 0 aliphatic carbocycles. The highest BCUT2D eigenvalue weighted by Crippen LogP contribution is 2.26. The number of nitrogens with one attached hydrogen (secondary N) is 1. The third kappa shape index (κ3) is 3.32. The van der Waals surface area contributed by atoms with E-state index in [1.54, 1.807) is 12.1 Å². The summed E-state index contributed by atoms with van der Waals surface area (Å²) in [4.78, 5) is 23.0. The lowest BCUT2D eigenvalue weighted by molar-refractivity contribution is -0.125. The smallest absolute Gasteiger partial charge is 0.335 e. The Morgan fingerprint density at radius 3 is 2.11 bits per heavy atom. The molecule has 0 unspecified atom stereocenters. The molecule has 0 saturated carbocycles. The van der Waals surface area contributed by atoms with Crippen molar-refractivity contribution in [1.29, 1.82) is 0 Å². The van der Waals surface area contributed by atoms with Crippen molar-refractivity contribution >= 4 is 17.6 Å². The number of aromatic carboxylic acids is 1. The summed E-state index contributed by atoms with van der Waals surface area (Å²) < 4.78 is 0. The van der Waals surface area contributed by atoms with E-state index in [0.717, 1.165) is 0 Å². The quantitative estimate of drug-likeness (QED) is 0.733. The number of benzene rings is 1. The predicted octanol–water partition coefficient (Wildman–Crippen LogP) is 2.09. The zero-order valence-corrected chi connectivity index (χ0v) is 11.3. The van der Waals surface area contributed by atoms with Gasteiger partial charge in [0.2, 0.25) is 5.91 Å². The number of hydrogen-bond acceptors (Lipinski definition) is 3. The van der Waals surface area contributed by atoms with E-state index >= 15 is 0 Å². The highest BCUT2D eigenvalue weighted by atomic mass is 16.4. The summed E-state index contributed by atoms with van der Waals surface area (Å²) in [5.74, 6) is -1.11. The largest absolute Gasteiger partial charge is 0.478 e. The maximum absolute atomic E-state index is 12.2. The molecular weight excluding hydrogens is 244 g/mol. The van der Waals surface area contributed by atoms with Gasteiger partial charge in [-0.1, -0.05) is 13.8 Å². The number of carboxylic acid groups (broad SMARTS) is 1. The van der Waals surface area contributed by atoms with Crippen molar-refractivity contribution in [3.05, 3.63) is 29.8 Å². The molecule has 1 amide bonds. The van der Waals surface area contributed by atoms with Crippen LogP contribution in [0, 0.1) is 5.41 Å². The summed E-state index contributed by atoms with van der Waals surface area (Å²) in [5.41, 5.74) is 5.91. The average molecular weight is 264 g/mol. The van der Waals surface area contributed by atoms with Crippen LogP contribution in [0.15, 0.2) is 24.3 Å². The molecule has 1 rings (SSSR count). The summed E-state index contributed by atoms with van der Waals surface area (Å²) >= 11 is 0. The van der Waals surface area contributed by atoms with Gasteiger partial charge in [-0.2, -0.15) is 0 Å². The molecule has 0 fully saturated rings. The highest BCUT2D eigenvalue weighted by Gasteiger charge is 2.33. The zero-order chi connectivity index (χ0) is 14.5. The molecule has 0 bridgehead atoms. The minimum Gasteiger partial charge on any atom is -0.478 e. The van der Waals surface area contributed by atoms with Crippen molar-refractivity contribution in [2.45, 2.75) is 26.7 Å². The fourth-order valence-electron chi connectivity index (χ4n) is 1.91. The van der Waals surface area contributed by atoms with Gasteiger partial charge in [-0.25, -0.2) is 4.79 Å². The second-order valence-corrected chi connectivity index (χ2v) is 4.53. The topological polar surface area (TPSA) is 92.4 Å². The lowest BCUT2D eigenvalue weighted by atomic mass is 9.81. The summed E-state index contributed by atoms with van der Waals surface area (Å²) in [7, 11) is 0. The van der Waals surface area contributed by atoms with E-state index in [-0.39, 0.29) is 11.5 Å². The standard InChI is InChI=1S/C14H20N2O3/c1-3-14(4-2,9-15)13(19)16-11-7-5-10(6-8-11)12(17)18/h5-8H,3-4,9,15H2,1-2H3,(H,16,19)(H,17,18). The van der Waals surface area contributed by atoms with Crippen LogP contribution in [0.2, 0.25) is 0 Å². The highest BCUT2D eigenvalue weighted by molar-refractivity contribution is 5.96. The van der Waals surface area contributed by atoms with Crippen molar-refractivity contribution in [1.82, 2.24) is 0 Å². The lowest BCUT2D eigenvalue weighted by Gasteiger charge is -2.28. The van der Waals surface area contributed by atoms with E-state index in [4.69, 9.17) is 10.8 Å². The van der Waals surface area contributed by atoms with Crippen LogP contribution in [-0.4, -0.2) is 23.5 Å². The second-order valence-electron chi connectivity index (χ2n) is 4.53. The summed E-state index contributed by atoms with van der Waals surface area (Å²) in [6, 6.07) is 6.07. The maximum Gasteiger partial charge on any atom is 0.335 e. The molecule has 0 atom stereocenters. The first kappa shape index (κ1) is 15.2. The number of carbonyl (C=O) groups excluding carboxylic acids is 1. The van der Waals surface area contributed by atoms with Gasteiger partial charge in [0.25, 0.3) is 0 Å². The number of rotatable bonds is 6. The van der Waals surface area contributed by atoms with Crippen molar-refractivity contribution in [3.8, 4) is 0 Å². The van der Waals surface area contributed by atoms with E-state index < -0.39 is 11.4 Å². The molecule has 104 valence electrons. The van der Waals surface area contributed by atoms with Gasteiger partial charge in [0.05, 0.1) is 11.0 Å². The van der Waals surface area contributed by atoms with E-state index in [1.165, 1.54) is 12.1 Å². The SMILES string of the molecule is CCC(CC)(CN)C(=O)Nc1ccc(C(=O)O)cc1. The van der Waals surface area contributed by atoms with E-state index in [9.17, 15) is 9.59 Å². The van der Waals surface area contributed by atoms with Crippen molar-refractivity contribution < 1.29 is 14.7 Å². The van der Waals surface area contributed by atoms with Gasteiger partial charge in [0, 0.05) is 12.2 Å². The van der Waals surface area contributed by atoms with Gasteiger partial charge in [-0.15, -0.1) is 0 Å². The van der Waals surface area contributed by atoms with Crippen LogP contribution in [0.4, 0.5) is 5.69 Å². The molecule has 19 heavy (non-hydrogen) atoms. The van der Waals surface area contributed by atoms with Crippen molar-refractivity contribution in [3.63, 3.8) is 0 Å². The van der Waals surface area contributed by atoms with Gasteiger partial charge in [0.15, 0.2) is 0 Å². The normalized spacial score (nSPS) is 11.1. The Morgan fingerprint density at radius 2 is 1.74 bits per heavy atom. The Balaban J connectivity index is 2.84. The first-order valence-corrected chi connectivity index (χ1v) is 6.34. The molecule has 5 heteroatoms. The van der Waals surface area contributed by atoms with Crippen molar-refractivity contribution in [2.24, 2.45) is 11.1 Å². The Morgan fingerprint density at radius 1 is 1.21 bits per heavy atom. The van der Waals surface area contributed by atoms with Gasteiger partial charge in [-0.3, -0.25) is 4.79 Å². The van der Waals surface area contributed by atoms with Crippen LogP contribution in [0.5, 0.6) is 0 Å². The minimum absolute atomic E-state index is 0.122. The molecular formula is C14H20N2O3. The van der Waals surface area contributed by atoms with E-state index in [2.05, 4.69) is 5.32 Å². The van der Waals surface area contributed by atoms with Gasteiger partial charge in [-0.05, 0) is 37.1 Å². The van der Waals surface area contributed by atoms with Crippen LogP contribution in [-0.2, 0) is 4.79 Å².